The van der Waals surface area contributed by atoms with Crippen LogP contribution >= 0.6 is 11.3 Å². The third kappa shape index (κ3) is 4.66. The van der Waals surface area contributed by atoms with Gasteiger partial charge in [0.15, 0.2) is 0 Å². The largest absolute Gasteiger partial charge is 0.488 e. The molecule has 0 unspecified atom stereocenters. The summed E-state index contributed by atoms with van der Waals surface area (Å²) in [5.74, 6) is -0.181. The van der Waals surface area contributed by atoms with Crippen molar-refractivity contribution >= 4 is 23.4 Å². The minimum absolute atomic E-state index is 0.118. The monoisotopic (exact) mass is 444 g/mol. The SMILES string of the molecule is COC(=O)C1=Cc2sc(COc3ccc(-c4ccccc4)c(C(F)(F)F)c3)cc2CC1. The smallest absolute Gasteiger partial charge is 0.417 e. The molecule has 0 fully saturated rings. The molecular weight excluding hydrogens is 425 g/mol. The molecule has 1 aromatic heterocycles. The molecule has 0 spiro atoms. The first-order valence-electron chi connectivity index (χ1n) is 9.65. The van der Waals surface area contributed by atoms with Crippen molar-refractivity contribution in [2.45, 2.75) is 25.6 Å². The summed E-state index contributed by atoms with van der Waals surface area (Å²) in [4.78, 5) is 13.6. The van der Waals surface area contributed by atoms with Gasteiger partial charge in [-0.3, -0.25) is 0 Å². The van der Waals surface area contributed by atoms with Crippen LogP contribution in [0.2, 0.25) is 0 Å². The molecule has 0 radical (unpaired) electrons. The maximum Gasteiger partial charge on any atom is 0.417 e. The van der Waals surface area contributed by atoms with Gasteiger partial charge in [0, 0.05) is 15.3 Å². The number of carbonyl (C=O) groups excluding carboxylic acids is 1. The highest BCUT2D eigenvalue weighted by molar-refractivity contribution is 7.13. The molecule has 3 aromatic rings. The van der Waals surface area contributed by atoms with Crippen LogP contribution in [0.1, 0.15) is 27.3 Å². The molecule has 0 bridgehead atoms. The van der Waals surface area contributed by atoms with E-state index in [1.807, 2.05) is 12.1 Å². The highest BCUT2D eigenvalue weighted by Gasteiger charge is 2.34. The van der Waals surface area contributed by atoms with E-state index in [1.54, 1.807) is 36.4 Å². The average molecular weight is 444 g/mol. The number of halogens is 3. The second-order valence-electron chi connectivity index (χ2n) is 7.12. The first-order chi connectivity index (χ1) is 14.8. The topological polar surface area (TPSA) is 35.5 Å². The molecule has 31 heavy (non-hydrogen) atoms. The zero-order valence-electron chi connectivity index (χ0n) is 16.7. The number of hydrogen-bond acceptors (Lipinski definition) is 4. The van der Waals surface area contributed by atoms with Crippen molar-refractivity contribution in [1.82, 2.24) is 0 Å². The van der Waals surface area contributed by atoms with E-state index >= 15 is 0 Å². The Kier molecular flexibility index (Phi) is 5.87. The predicted molar refractivity (Wildman–Crippen MR) is 114 cm³/mol. The van der Waals surface area contributed by atoms with Gasteiger partial charge in [-0.25, -0.2) is 4.79 Å². The minimum Gasteiger partial charge on any atom is -0.488 e. The molecule has 0 saturated heterocycles. The molecule has 1 aliphatic rings. The van der Waals surface area contributed by atoms with Gasteiger partial charge in [0.25, 0.3) is 0 Å². The summed E-state index contributed by atoms with van der Waals surface area (Å²) < 4.78 is 51.5. The Labute approximate surface area is 181 Å². The molecule has 0 N–H and O–H groups in total. The lowest BCUT2D eigenvalue weighted by molar-refractivity contribution is -0.137. The molecule has 0 saturated carbocycles. The lowest BCUT2D eigenvalue weighted by Crippen LogP contribution is -2.08. The van der Waals surface area contributed by atoms with Gasteiger partial charge in [-0.1, -0.05) is 36.4 Å². The van der Waals surface area contributed by atoms with Gasteiger partial charge in [-0.2, -0.15) is 13.2 Å². The van der Waals surface area contributed by atoms with Crippen LogP contribution in [0, 0.1) is 0 Å². The molecule has 1 heterocycles. The van der Waals surface area contributed by atoms with Gasteiger partial charge < -0.3 is 9.47 Å². The summed E-state index contributed by atoms with van der Waals surface area (Å²) in [6.45, 7) is 0.154. The highest BCUT2D eigenvalue weighted by atomic mass is 32.1. The maximum atomic E-state index is 13.7. The second kappa shape index (κ2) is 8.59. The lowest BCUT2D eigenvalue weighted by Gasteiger charge is -2.15. The Morgan fingerprint density at radius 2 is 1.84 bits per heavy atom. The van der Waals surface area contributed by atoms with Crippen molar-refractivity contribution in [3.05, 3.63) is 81.1 Å². The standard InChI is InChI=1S/C24H19F3O3S/c1-29-23(28)17-8-7-16-11-19(31-22(16)12-17)14-30-18-9-10-20(15-5-3-2-4-6-15)21(13-18)24(25,26)27/h2-6,9-13H,7-8,14H2,1H3. The van der Waals surface area contributed by atoms with E-state index in [2.05, 4.69) is 0 Å². The number of ether oxygens (including phenoxy) is 2. The Balaban J connectivity index is 1.54. The number of benzene rings is 2. The Morgan fingerprint density at radius 1 is 1.06 bits per heavy atom. The maximum absolute atomic E-state index is 13.7. The average Bonchev–Trinajstić information content (AvgIpc) is 3.19. The number of aryl methyl sites for hydroxylation is 1. The summed E-state index contributed by atoms with van der Waals surface area (Å²) in [6, 6.07) is 14.5. The minimum atomic E-state index is -4.50. The lowest BCUT2D eigenvalue weighted by atomic mass is 9.98. The number of methoxy groups -OCH3 is 1. The molecule has 2 aromatic carbocycles. The first-order valence-corrected chi connectivity index (χ1v) is 10.5. The molecule has 0 atom stereocenters. The number of hydrogen-bond donors (Lipinski definition) is 0. The molecule has 7 heteroatoms. The van der Waals surface area contributed by atoms with Gasteiger partial charge in [0.05, 0.1) is 12.7 Å². The van der Waals surface area contributed by atoms with Crippen molar-refractivity contribution in [1.29, 1.82) is 0 Å². The van der Waals surface area contributed by atoms with E-state index in [-0.39, 0.29) is 23.9 Å². The molecular formula is C24H19F3O3S. The predicted octanol–water partition coefficient (Wildman–Crippen LogP) is 6.52. The van der Waals surface area contributed by atoms with Crippen LogP contribution in [0.5, 0.6) is 5.75 Å². The fourth-order valence-corrected chi connectivity index (χ4v) is 4.65. The third-order valence-electron chi connectivity index (χ3n) is 5.07. The van der Waals surface area contributed by atoms with Crippen molar-refractivity contribution in [2.75, 3.05) is 7.11 Å². The normalized spacial score (nSPS) is 13.4. The van der Waals surface area contributed by atoms with Gasteiger partial charge in [-0.05, 0) is 53.8 Å². The van der Waals surface area contributed by atoms with E-state index in [4.69, 9.17) is 9.47 Å². The van der Waals surface area contributed by atoms with Crippen molar-refractivity contribution in [3.8, 4) is 16.9 Å². The molecule has 1 aliphatic carbocycles. The van der Waals surface area contributed by atoms with Crippen LogP contribution in [0.4, 0.5) is 13.2 Å². The molecule has 3 nitrogen and oxygen atoms in total. The fourth-order valence-electron chi connectivity index (χ4n) is 3.55. The summed E-state index contributed by atoms with van der Waals surface area (Å²) in [6.07, 6.45) is -1.36. The highest BCUT2D eigenvalue weighted by Crippen LogP contribution is 2.39. The Bertz CT molecular complexity index is 1130. The van der Waals surface area contributed by atoms with Gasteiger partial charge >= 0.3 is 12.1 Å². The van der Waals surface area contributed by atoms with Crippen molar-refractivity contribution in [3.63, 3.8) is 0 Å². The number of thiophene rings is 1. The number of esters is 1. The summed E-state index contributed by atoms with van der Waals surface area (Å²) in [5.41, 5.74) is 1.61. The van der Waals surface area contributed by atoms with E-state index in [0.29, 0.717) is 17.6 Å². The van der Waals surface area contributed by atoms with Gasteiger partial charge in [0.1, 0.15) is 12.4 Å². The zero-order valence-corrected chi connectivity index (χ0v) is 17.5. The van der Waals surface area contributed by atoms with E-state index in [9.17, 15) is 18.0 Å². The number of carbonyl (C=O) groups is 1. The van der Waals surface area contributed by atoms with E-state index in [0.717, 1.165) is 27.8 Å². The van der Waals surface area contributed by atoms with Gasteiger partial charge in [0.2, 0.25) is 0 Å². The van der Waals surface area contributed by atoms with Crippen LogP contribution in [0.25, 0.3) is 17.2 Å². The molecule has 0 amide bonds. The zero-order chi connectivity index (χ0) is 22.0. The summed E-state index contributed by atoms with van der Waals surface area (Å²) in [7, 11) is 1.35. The Hall–Kier alpha value is -3.06. The van der Waals surface area contributed by atoms with Crippen LogP contribution in [-0.2, 0) is 28.7 Å². The second-order valence-corrected chi connectivity index (χ2v) is 8.29. The molecule has 0 aliphatic heterocycles. The van der Waals surface area contributed by atoms with Crippen LogP contribution in [0.15, 0.2) is 60.2 Å². The molecule has 160 valence electrons. The van der Waals surface area contributed by atoms with Gasteiger partial charge in [-0.15, -0.1) is 11.3 Å². The van der Waals surface area contributed by atoms with Crippen molar-refractivity contribution in [2.24, 2.45) is 0 Å². The van der Waals surface area contributed by atoms with Crippen molar-refractivity contribution < 1.29 is 27.4 Å². The summed E-state index contributed by atoms with van der Waals surface area (Å²) >= 11 is 1.46. The number of rotatable bonds is 5. The van der Waals surface area contributed by atoms with E-state index in [1.165, 1.54) is 24.5 Å². The number of fused-ring (bicyclic) bond motifs is 1. The Morgan fingerprint density at radius 3 is 2.55 bits per heavy atom. The van der Waals surface area contributed by atoms with Crippen LogP contribution in [0.3, 0.4) is 0 Å². The molecule has 4 rings (SSSR count). The first kappa shape index (κ1) is 21.2. The summed E-state index contributed by atoms with van der Waals surface area (Å²) in [5, 5.41) is 0. The van der Waals surface area contributed by atoms with Crippen LogP contribution < -0.4 is 4.74 Å². The quantitative estimate of drug-likeness (QED) is 0.421. The fraction of sp³-hybridized carbons (Fsp3) is 0.208. The van der Waals surface area contributed by atoms with Crippen LogP contribution in [-0.4, -0.2) is 13.1 Å². The number of alkyl halides is 3. The third-order valence-corrected chi connectivity index (χ3v) is 6.17. The van der Waals surface area contributed by atoms with E-state index < -0.39 is 11.7 Å².